The summed E-state index contributed by atoms with van der Waals surface area (Å²) in [5.74, 6) is 1.58. The zero-order valence-corrected chi connectivity index (χ0v) is 15.6. The molecule has 0 saturated carbocycles. The second-order valence-electron chi connectivity index (χ2n) is 7.02. The Morgan fingerprint density at radius 3 is 2.58 bits per heavy atom. The number of hydrogen-bond acceptors (Lipinski definition) is 6. The van der Waals surface area contributed by atoms with Gasteiger partial charge in [-0.3, -0.25) is 9.88 Å². The van der Waals surface area contributed by atoms with Gasteiger partial charge in [0.1, 0.15) is 5.82 Å². The fourth-order valence-electron chi connectivity index (χ4n) is 3.22. The van der Waals surface area contributed by atoms with Crippen LogP contribution in [0.15, 0.2) is 24.5 Å². The van der Waals surface area contributed by atoms with Gasteiger partial charge in [-0.25, -0.2) is 4.98 Å². The predicted octanol–water partition coefficient (Wildman–Crippen LogP) is 3.77. The summed E-state index contributed by atoms with van der Waals surface area (Å²) in [7, 11) is 0. The fourth-order valence-corrected chi connectivity index (χ4v) is 3.89. The molecule has 1 aliphatic heterocycles. The molecule has 2 aromatic heterocycles. The zero-order valence-electron chi connectivity index (χ0n) is 14.8. The zero-order chi connectivity index (χ0) is 16.9. The minimum Gasteiger partial charge on any atom is -0.357 e. The summed E-state index contributed by atoms with van der Waals surface area (Å²) in [6.45, 7) is 8.91. The predicted molar refractivity (Wildman–Crippen MR) is 99.3 cm³/mol. The molecule has 1 atom stereocenters. The van der Waals surface area contributed by atoms with Crippen LogP contribution in [-0.4, -0.2) is 38.4 Å². The second-order valence-corrected chi connectivity index (χ2v) is 7.78. The Kier molecular flexibility index (Phi) is 5.79. The molecule has 3 rings (SSSR count). The van der Waals surface area contributed by atoms with E-state index in [2.05, 4.69) is 57.5 Å². The number of anilines is 1. The van der Waals surface area contributed by atoms with E-state index in [0.717, 1.165) is 43.3 Å². The van der Waals surface area contributed by atoms with Gasteiger partial charge in [0.2, 0.25) is 5.13 Å². The van der Waals surface area contributed by atoms with Gasteiger partial charge in [0.15, 0.2) is 0 Å². The Balaban J connectivity index is 1.49. The van der Waals surface area contributed by atoms with Crippen molar-refractivity contribution >= 4 is 16.7 Å². The van der Waals surface area contributed by atoms with Gasteiger partial charge >= 0.3 is 0 Å². The van der Waals surface area contributed by atoms with Gasteiger partial charge in [0, 0.05) is 55.5 Å². The largest absolute Gasteiger partial charge is 0.357 e. The van der Waals surface area contributed by atoms with Crippen molar-refractivity contribution in [3.05, 3.63) is 35.9 Å². The minimum atomic E-state index is 0.452. The molecule has 1 saturated heterocycles. The molecule has 0 amide bonds. The first-order valence-electron chi connectivity index (χ1n) is 8.85. The van der Waals surface area contributed by atoms with E-state index >= 15 is 0 Å². The van der Waals surface area contributed by atoms with Gasteiger partial charge in [0.05, 0.1) is 0 Å². The van der Waals surface area contributed by atoms with Crippen LogP contribution in [-0.2, 0) is 6.42 Å². The van der Waals surface area contributed by atoms with Crippen molar-refractivity contribution in [2.45, 2.75) is 52.1 Å². The van der Waals surface area contributed by atoms with Gasteiger partial charge in [-0.2, -0.15) is 4.37 Å². The van der Waals surface area contributed by atoms with Gasteiger partial charge in [0.25, 0.3) is 0 Å². The van der Waals surface area contributed by atoms with E-state index in [-0.39, 0.29) is 0 Å². The quantitative estimate of drug-likeness (QED) is 0.864. The average Bonchev–Trinajstić information content (AvgIpc) is 3.02. The molecule has 1 fully saturated rings. The molecule has 5 nitrogen and oxygen atoms in total. The van der Waals surface area contributed by atoms with Gasteiger partial charge in [-0.15, -0.1) is 0 Å². The maximum absolute atomic E-state index is 4.62. The summed E-state index contributed by atoms with van der Waals surface area (Å²) >= 11 is 1.50. The summed E-state index contributed by atoms with van der Waals surface area (Å²) in [6.07, 6.45) is 7.01. The molecule has 1 aliphatic rings. The summed E-state index contributed by atoms with van der Waals surface area (Å²) in [5, 5.41) is 4.56. The normalized spacial score (nSPS) is 18.0. The highest BCUT2D eigenvalue weighted by Crippen LogP contribution is 2.25. The third kappa shape index (κ3) is 4.51. The van der Waals surface area contributed by atoms with Crippen LogP contribution in [0.25, 0.3) is 0 Å². The van der Waals surface area contributed by atoms with Crippen LogP contribution in [0.1, 0.15) is 51.0 Å². The van der Waals surface area contributed by atoms with Crippen molar-refractivity contribution in [2.75, 3.05) is 18.4 Å². The van der Waals surface area contributed by atoms with Crippen molar-refractivity contribution in [3.8, 4) is 0 Å². The van der Waals surface area contributed by atoms with Crippen LogP contribution in [0.5, 0.6) is 0 Å². The lowest BCUT2D eigenvalue weighted by Gasteiger charge is -2.36. The molecule has 3 heterocycles. The molecule has 0 aromatic carbocycles. The second kappa shape index (κ2) is 8.03. The lowest BCUT2D eigenvalue weighted by molar-refractivity contribution is 0.167. The first-order valence-corrected chi connectivity index (χ1v) is 9.62. The summed E-state index contributed by atoms with van der Waals surface area (Å²) < 4.78 is 4.46. The van der Waals surface area contributed by atoms with E-state index in [9.17, 15) is 0 Å². The Bertz CT molecular complexity index is 619. The molecule has 1 N–H and O–H groups in total. The molecule has 0 bridgehead atoms. The van der Waals surface area contributed by atoms with Crippen molar-refractivity contribution in [2.24, 2.45) is 5.92 Å². The monoisotopic (exact) mass is 345 g/mol. The van der Waals surface area contributed by atoms with E-state index in [1.807, 2.05) is 12.4 Å². The number of nitrogens with zero attached hydrogens (tertiary/aromatic N) is 4. The van der Waals surface area contributed by atoms with E-state index in [1.54, 1.807) is 0 Å². The van der Waals surface area contributed by atoms with Crippen molar-refractivity contribution < 1.29 is 0 Å². The molecule has 2 aromatic rings. The Hall–Kier alpha value is -1.53. The van der Waals surface area contributed by atoms with Gasteiger partial charge < -0.3 is 5.32 Å². The maximum atomic E-state index is 4.62. The number of rotatable bonds is 6. The van der Waals surface area contributed by atoms with E-state index in [1.165, 1.54) is 17.1 Å². The lowest BCUT2D eigenvalue weighted by atomic mass is 10.0. The number of nitrogens with one attached hydrogen (secondary N) is 1. The van der Waals surface area contributed by atoms with Gasteiger partial charge in [-0.05, 0) is 43.4 Å². The van der Waals surface area contributed by atoms with Crippen LogP contribution in [0.2, 0.25) is 0 Å². The first kappa shape index (κ1) is 17.3. The smallest absolute Gasteiger partial charge is 0.202 e. The highest BCUT2D eigenvalue weighted by Gasteiger charge is 2.24. The summed E-state index contributed by atoms with van der Waals surface area (Å²) in [6, 6.07) is 5.19. The number of aromatic nitrogens is 3. The molecule has 0 radical (unpaired) electrons. The summed E-state index contributed by atoms with van der Waals surface area (Å²) in [5.41, 5.74) is 1.35. The maximum Gasteiger partial charge on any atom is 0.202 e. The van der Waals surface area contributed by atoms with E-state index < -0.39 is 0 Å². The SMILES string of the molecule is CC(C)Cc1nsc(NC2CCN(C(C)c3ccncc3)CC2)n1. The van der Waals surface area contributed by atoms with Crippen LogP contribution < -0.4 is 5.32 Å². The van der Waals surface area contributed by atoms with E-state index in [0.29, 0.717) is 18.0 Å². The van der Waals surface area contributed by atoms with Crippen LogP contribution >= 0.6 is 11.5 Å². The fraction of sp³-hybridized carbons (Fsp3) is 0.611. The molecular formula is C18H27N5S. The number of piperidine rings is 1. The highest BCUT2D eigenvalue weighted by atomic mass is 32.1. The lowest BCUT2D eigenvalue weighted by Crippen LogP contribution is -2.40. The number of pyridine rings is 1. The molecule has 1 unspecified atom stereocenters. The van der Waals surface area contributed by atoms with Crippen LogP contribution in [0.4, 0.5) is 5.13 Å². The first-order chi connectivity index (χ1) is 11.6. The third-order valence-electron chi connectivity index (χ3n) is 4.65. The van der Waals surface area contributed by atoms with Crippen LogP contribution in [0, 0.1) is 5.92 Å². The van der Waals surface area contributed by atoms with Gasteiger partial charge in [-0.1, -0.05) is 13.8 Å². The Morgan fingerprint density at radius 1 is 1.21 bits per heavy atom. The summed E-state index contributed by atoms with van der Waals surface area (Å²) in [4.78, 5) is 11.3. The minimum absolute atomic E-state index is 0.452. The van der Waals surface area contributed by atoms with Crippen LogP contribution in [0.3, 0.4) is 0 Å². The molecule has 0 spiro atoms. The topological polar surface area (TPSA) is 53.9 Å². The highest BCUT2D eigenvalue weighted by molar-refractivity contribution is 7.09. The Morgan fingerprint density at radius 2 is 1.92 bits per heavy atom. The number of likely N-dealkylation sites (tertiary alicyclic amines) is 1. The van der Waals surface area contributed by atoms with Crippen molar-refractivity contribution in [3.63, 3.8) is 0 Å². The molecule has 130 valence electrons. The van der Waals surface area contributed by atoms with Crippen molar-refractivity contribution in [1.82, 2.24) is 19.2 Å². The third-order valence-corrected chi connectivity index (χ3v) is 5.34. The average molecular weight is 346 g/mol. The molecule has 6 heteroatoms. The Labute approximate surface area is 148 Å². The standard InChI is InChI=1S/C18H27N5S/c1-13(2)12-17-21-18(24-22-17)20-16-6-10-23(11-7-16)14(3)15-4-8-19-9-5-15/h4-5,8-9,13-14,16H,6-7,10-12H2,1-3H3,(H,20,21,22). The van der Waals surface area contributed by atoms with E-state index in [4.69, 9.17) is 0 Å². The molecule has 0 aliphatic carbocycles. The molecular weight excluding hydrogens is 318 g/mol. The number of hydrogen-bond donors (Lipinski definition) is 1. The molecule has 24 heavy (non-hydrogen) atoms. The van der Waals surface area contributed by atoms with Crippen molar-refractivity contribution in [1.29, 1.82) is 0 Å².